The molecule has 0 atom stereocenters. The fourth-order valence-electron chi connectivity index (χ4n) is 3.24. The van der Waals surface area contributed by atoms with Crippen molar-refractivity contribution in [2.45, 2.75) is 32.2 Å². The van der Waals surface area contributed by atoms with E-state index in [2.05, 4.69) is 4.98 Å². The summed E-state index contributed by atoms with van der Waals surface area (Å²) in [5, 5.41) is 10.2. The number of Topliss-reactive ketones (excluding diaryl/α,β-unsaturated/α-hetero) is 1. The molecule has 0 fully saturated rings. The van der Waals surface area contributed by atoms with E-state index in [4.69, 9.17) is 0 Å². The van der Waals surface area contributed by atoms with Crippen molar-refractivity contribution in [3.8, 4) is 0 Å². The van der Waals surface area contributed by atoms with Gasteiger partial charge in [0, 0.05) is 29.7 Å². The number of aliphatic hydroxyl groups excluding tert-OH is 1. The number of aromatic nitrogens is 1. The van der Waals surface area contributed by atoms with E-state index in [1.807, 2.05) is 26.0 Å². The normalized spacial score (nSPS) is 11.9. The minimum Gasteiger partial charge on any atom is -0.395 e. The van der Waals surface area contributed by atoms with Crippen LogP contribution in [0.15, 0.2) is 52.2 Å². The van der Waals surface area contributed by atoms with Gasteiger partial charge in [-0.25, -0.2) is 8.42 Å². The highest BCUT2D eigenvalue weighted by molar-refractivity contribution is 7.89. The summed E-state index contributed by atoms with van der Waals surface area (Å²) in [7, 11) is -3.98. The Kier molecular flexibility index (Phi) is 6.21. The molecule has 1 aromatic heterocycles. The molecule has 0 aliphatic heterocycles. The Morgan fingerprint density at radius 2 is 1.70 bits per heavy atom. The van der Waals surface area contributed by atoms with Gasteiger partial charge in [0.05, 0.1) is 11.5 Å². The van der Waals surface area contributed by atoms with Crippen LogP contribution in [0.25, 0.3) is 10.9 Å². The highest BCUT2D eigenvalue weighted by Crippen LogP contribution is 2.21. The SMILES string of the molecule is CC(=O)c1ccc(S(=O)(=O)N(CCO)Cc2cc3cc(C)c(C)cc3[nH]c2=O)cc1. The fraction of sp³-hybridized carbons (Fsp3) is 0.273. The van der Waals surface area contributed by atoms with Gasteiger partial charge in [-0.05, 0) is 67.6 Å². The molecule has 0 saturated heterocycles. The highest BCUT2D eigenvalue weighted by atomic mass is 32.2. The van der Waals surface area contributed by atoms with Gasteiger partial charge in [-0.15, -0.1) is 0 Å². The van der Waals surface area contributed by atoms with Gasteiger partial charge < -0.3 is 10.1 Å². The first kappa shape index (κ1) is 21.9. The number of carbonyl (C=O) groups excluding carboxylic acids is 1. The molecule has 0 radical (unpaired) electrons. The predicted molar refractivity (Wildman–Crippen MR) is 115 cm³/mol. The van der Waals surface area contributed by atoms with Crippen molar-refractivity contribution < 1.29 is 18.3 Å². The van der Waals surface area contributed by atoms with Crippen molar-refractivity contribution in [3.05, 3.63) is 75.1 Å². The van der Waals surface area contributed by atoms with E-state index in [1.165, 1.54) is 31.2 Å². The Bertz CT molecular complexity index is 1260. The van der Waals surface area contributed by atoms with Crippen LogP contribution in [0.2, 0.25) is 0 Å². The number of fused-ring (bicyclic) bond motifs is 1. The zero-order chi connectivity index (χ0) is 22.1. The smallest absolute Gasteiger partial charge is 0.252 e. The third-order valence-electron chi connectivity index (χ3n) is 5.13. The minimum atomic E-state index is -3.98. The first-order chi connectivity index (χ1) is 14.1. The number of aromatic amines is 1. The number of hydrogen-bond donors (Lipinski definition) is 2. The van der Waals surface area contributed by atoms with Crippen LogP contribution >= 0.6 is 0 Å². The standard InChI is InChI=1S/C22H24N2O5S/c1-14-10-18-12-19(22(27)23-21(18)11-15(14)2)13-24(8-9-25)30(28,29)20-6-4-17(5-7-20)16(3)26/h4-7,10-12,25H,8-9,13H2,1-3H3,(H,23,27). The van der Waals surface area contributed by atoms with Crippen LogP contribution in [0.3, 0.4) is 0 Å². The molecule has 8 heteroatoms. The average Bonchev–Trinajstić information content (AvgIpc) is 2.69. The summed E-state index contributed by atoms with van der Waals surface area (Å²) in [5.41, 5.74) is 3.09. The highest BCUT2D eigenvalue weighted by Gasteiger charge is 2.25. The molecule has 0 unspecified atom stereocenters. The second-order valence-corrected chi connectivity index (χ2v) is 9.23. The van der Waals surface area contributed by atoms with Gasteiger partial charge in [0.25, 0.3) is 5.56 Å². The van der Waals surface area contributed by atoms with E-state index < -0.39 is 16.6 Å². The molecule has 7 nitrogen and oxygen atoms in total. The third-order valence-corrected chi connectivity index (χ3v) is 6.99. The number of nitrogens with one attached hydrogen (secondary N) is 1. The van der Waals surface area contributed by atoms with E-state index >= 15 is 0 Å². The molecular weight excluding hydrogens is 404 g/mol. The Morgan fingerprint density at radius 1 is 1.07 bits per heavy atom. The molecule has 0 amide bonds. The molecular formula is C22H24N2O5S. The number of aryl methyl sites for hydroxylation is 2. The Labute approximate surface area is 175 Å². The lowest BCUT2D eigenvalue weighted by Crippen LogP contribution is -2.35. The van der Waals surface area contributed by atoms with Crippen molar-refractivity contribution in [2.24, 2.45) is 0 Å². The maximum absolute atomic E-state index is 13.1. The number of nitrogens with zero attached hydrogens (tertiary/aromatic N) is 1. The van der Waals surface area contributed by atoms with E-state index in [-0.39, 0.29) is 34.9 Å². The fourth-order valence-corrected chi connectivity index (χ4v) is 4.65. The summed E-state index contributed by atoms with van der Waals surface area (Å²) >= 11 is 0. The number of sulfonamides is 1. The number of ketones is 1. The van der Waals surface area contributed by atoms with Crippen LogP contribution in [0, 0.1) is 13.8 Å². The average molecular weight is 429 g/mol. The molecule has 158 valence electrons. The summed E-state index contributed by atoms with van der Waals surface area (Å²) < 4.78 is 27.3. The van der Waals surface area contributed by atoms with Crippen molar-refractivity contribution >= 4 is 26.7 Å². The summed E-state index contributed by atoms with van der Waals surface area (Å²) in [6.45, 7) is 4.57. The zero-order valence-corrected chi connectivity index (χ0v) is 17.9. The van der Waals surface area contributed by atoms with Gasteiger partial charge in [-0.1, -0.05) is 12.1 Å². The van der Waals surface area contributed by atoms with E-state index in [9.17, 15) is 23.1 Å². The van der Waals surface area contributed by atoms with Crippen molar-refractivity contribution in [1.29, 1.82) is 0 Å². The molecule has 0 aliphatic rings. The van der Waals surface area contributed by atoms with Crippen LogP contribution in [-0.4, -0.2) is 41.7 Å². The first-order valence-electron chi connectivity index (χ1n) is 9.48. The van der Waals surface area contributed by atoms with E-state index in [1.54, 1.807) is 6.07 Å². The van der Waals surface area contributed by atoms with Gasteiger partial charge in [0.2, 0.25) is 10.0 Å². The number of pyridine rings is 1. The van der Waals surface area contributed by atoms with E-state index in [0.29, 0.717) is 11.1 Å². The topological polar surface area (TPSA) is 108 Å². The molecule has 2 aromatic carbocycles. The van der Waals surface area contributed by atoms with Gasteiger partial charge in [-0.2, -0.15) is 4.31 Å². The molecule has 0 aliphatic carbocycles. The molecule has 3 aromatic rings. The monoisotopic (exact) mass is 428 g/mol. The number of benzene rings is 2. The number of H-pyrrole nitrogens is 1. The van der Waals surface area contributed by atoms with Gasteiger partial charge in [0.15, 0.2) is 5.78 Å². The van der Waals surface area contributed by atoms with Crippen LogP contribution in [-0.2, 0) is 16.6 Å². The molecule has 0 bridgehead atoms. The Hall–Kier alpha value is -2.81. The summed E-state index contributed by atoms with van der Waals surface area (Å²) in [5.74, 6) is -0.167. The molecule has 30 heavy (non-hydrogen) atoms. The summed E-state index contributed by atoms with van der Waals surface area (Å²) in [6.07, 6.45) is 0. The minimum absolute atomic E-state index is 0.00960. The molecule has 0 saturated carbocycles. The van der Waals surface area contributed by atoms with Crippen LogP contribution in [0.1, 0.15) is 34.0 Å². The van der Waals surface area contributed by atoms with Crippen LogP contribution < -0.4 is 5.56 Å². The molecule has 3 rings (SSSR count). The number of carbonyl (C=O) groups is 1. The zero-order valence-electron chi connectivity index (χ0n) is 17.1. The third kappa shape index (κ3) is 4.35. The number of aliphatic hydroxyl groups is 1. The quantitative estimate of drug-likeness (QED) is 0.562. The van der Waals surface area contributed by atoms with E-state index in [0.717, 1.165) is 20.8 Å². The lowest BCUT2D eigenvalue weighted by molar-refractivity contribution is 0.101. The lowest BCUT2D eigenvalue weighted by atomic mass is 10.1. The van der Waals surface area contributed by atoms with Crippen LogP contribution in [0.4, 0.5) is 0 Å². The number of hydrogen-bond acceptors (Lipinski definition) is 5. The maximum atomic E-state index is 13.1. The second-order valence-electron chi connectivity index (χ2n) is 7.29. The van der Waals surface area contributed by atoms with Gasteiger partial charge in [0.1, 0.15) is 0 Å². The van der Waals surface area contributed by atoms with Crippen LogP contribution in [0.5, 0.6) is 0 Å². The number of rotatable bonds is 7. The molecule has 1 heterocycles. The van der Waals surface area contributed by atoms with Gasteiger partial charge >= 0.3 is 0 Å². The van der Waals surface area contributed by atoms with Crippen molar-refractivity contribution in [3.63, 3.8) is 0 Å². The second kappa shape index (κ2) is 8.51. The van der Waals surface area contributed by atoms with Crippen molar-refractivity contribution in [1.82, 2.24) is 9.29 Å². The molecule has 0 spiro atoms. The predicted octanol–water partition coefficient (Wildman–Crippen LogP) is 2.53. The maximum Gasteiger partial charge on any atom is 0.252 e. The van der Waals surface area contributed by atoms with Gasteiger partial charge in [-0.3, -0.25) is 9.59 Å². The Morgan fingerprint density at radius 3 is 2.30 bits per heavy atom. The Balaban J connectivity index is 2.00. The molecule has 2 N–H and O–H groups in total. The van der Waals surface area contributed by atoms with Crippen molar-refractivity contribution in [2.75, 3.05) is 13.2 Å². The summed E-state index contributed by atoms with van der Waals surface area (Å²) in [6, 6.07) is 11.1. The first-order valence-corrected chi connectivity index (χ1v) is 10.9. The largest absolute Gasteiger partial charge is 0.395 e. The summed E-state index contributed by atoms with van der Waals surface area (Å²) in [4.78, 5) is 26.8. The lowest BCUT2D eigenvalue weighted by Gasteiger charge is -2.21.